The van der Waals surface area contributed by atoms with Crippen molar-refractivity contribution >= 4 is 31.9 Å². The van der Waals surface area contributed by atoms with Gasteiger partial charge >= 0.3 is 0 Å². The van der Waals surface area contributed by atoms with Crippen molar-refractivity contribution in [1.29, 1.82) is 0 Å². The van der Waals surface area contributed by atoms with Crippen LogP contribution in [0.1, 0.15) is 29.0 Å². The predicted octanol–water partition coefficient (Wildman–Crippen LogP) is 2.46. The quantitative estimate of drug-likeness (QED) is 0.730. The van der Waals surface area contributed by atoms with Crippen LogP contribution < -0.4 is 10.0 Å². The van der Waals surface area contributed by atoms with E-state index >= 15 is 0 Å². The summed E-state index contributed by atoms with van der Waals surface area (Å²) < 4.78 is 32.9. The third-order valence-corrected chi connectivity index (χ3v) is 5.84. The largest absolute Gasteiger partial charge is 0.469 e. The maximum Gasteiger partial charge on any atom is 0.252 e. The summed E-state index contributed by atoms with van der Waals surface area (Å²) in [6.07, 6.45) is 3.86. The molecule has 1 amide bonds. The van der Waals surface area contributed by atoms with Gasteiger partial charge in [0, 0.05) is 23.5 Å². The molecule has 2 N–H and O–H groups in total. The molecule has 1 aromatic carbocycles. The molecule has 0 atom stereocenters. The molecule has 1 aromatic heterocycles. The lowest BCUT2D eigenvalue weighted by Gasteiger charge is -2.10. The Morgan fingerprint density at radius 3 is 2.75 bits per heavy atom. The SMILES string of the molecule is O=C(NCCc1ccco1)c1cc(S(=O)(=O)NC2CC2)ccc1Br. The Morgan fingerprint density at radius 1 is 1.29 bits per heavy atom. The number of benzene rings is 1. The number of halogens is 1. The molecule has 3 rings (SSSR count). The topological polar surface area (TPSA) is 88.4 Å². The number of hydrogen-bond acceptors (Lipinski definition) is 4. The fourth-order valence-electron chi connectivity index (χ4n) is 2.18. The number of sulfonamides is 1. The van der Waals surface area contributed by atoms with Gasteiger partial charge in [-0.2, -0.15) is 0 Å². The molecule has 1 heterocycles. The van der Waals surface area contributed by atoms with Crippen LogP contribution in [0.15, 0.2) is 50.4 Å². The number of amides is 1. The minimum atomic E-state index is -3.59. The minimum absolute atomic E-state index is 0.0178. The summed E-state index contributed by atoms with van der Waals surface area (Å²) in [7, 11) is -3.59. The Morgan fingerprint density at radius 2 is 2.08 bits per heavy atom. The Bertz CT molecular complexity index is 830. The molecule has 0 saturated heterocycles. The van der Waals surface area contributed by atoms with Gasteiger partial charge in [0.1, 0.15) is 5.76 Å². The molecular formula is C16H17BrN2O4S. The van der Waals surface area contributed by atoms with E-state index in [2.05, 4.69) is 26.0 Å². The van der Waals surface area contributed by atoms with E-state index in [-0.39, 0.29) is 22.4 Å². The van der Waals surface area contributed by atoms with Crippen LogP contribution in [0.5, 0.6) is 0 Å². The molecule has 1 saturated carbocycles. The standard InChI is InChI=1S/C16H17BrN2O4S/c17-15-6-5-13(24(21,22)19-11-3-4-11)10-14(15)16(20)18-8-7-12-2-1-9-23-12/h1-2,5-6,9-11,19H,3-4,7-8H2,(H,18,20). The van der Waals surface area contributed by atoms with Crippen molar-refractivity contribution in [1.82, 2.24) is 10.0 Å². The smallest absolute Gasteiger partial charge is 0.252 e. The summed E-state index contributed by atoms with van der Waals surface area (Å²) in [6, 6.07) is 8.08. The highest BCUT2D eigenvalue weighted by Crippen LogP contribution is 2.25. The van der Waals surface area contributed by atoms with Crippen LogP contribution in [0.2, 0.25) is 0 Å². The fourth-order valence-corrected chi connectivity index (χ4v) is 3.94. The lowest BCUT2D eigenvalue weighted by molar-refractivity contribution is 0.0952. The van der Waals surface area contributed by atoms with E-state index in [9.17, 15) is 13.2 Å². The average Bonchev–Trinajstić information content (AvgIpc) is 3.18. The van der Waals surface area contributed by atoms with Crippen molar-refractivity contribution < 1.29 is 17.6 Å². The lowest BCUT2D eigenvalue weighted by Crippen LogP contribution is -2.28. The first kappa shape index (κ1) is 17.2. The van der Waals surface area contributed by atoms with Crippen LogP contribution in [0.4, 0.5) is 0 Å². The number of carbonyl (C=O) groups excluding carboxylic acids is 1. The third kappa shape index (κ3) is 4.25. The summed E-state index contributed by atoms with van der Waals surface area (Å²) in [6.45, 7) is 0.399. The first-order valence-electron chi connectivity index (χ1n) is 7.58. The Balaban J connectivity index is 1.69. The van der Waals surface area contributed by atoms with Crippen LogP contribution in [-0.2, 0) is 16.4 Å². The summed E-state index contributed by atoms with van der Waals surface area (Å²) in [5.41, 5.74) is 0.285. The number of carbonyl (C=O) groups is 1. The zero-order chi connectivity index (χ0) is 17.2. The van der Waals surface area contributed by atoms with Gasteiger partial charge in [-0.05, 0) is 59.1 Å². The van der Waals surface area contributed by atoms with E-state index in [0.717, 1.165) is 18.6 Å². The molecule has 1 aliphatic carbocycles. The average molecular weight is 413 g/mol. The zero-order valence-corrected chi connectivity index (χ0v) is 15.2. The van der Waals surface area contributed by atoms with Gasteiger partial charge in [0.05, 0.1) is 16.7 Å². The van der Waals surface area contributed by atoms with Crippen LogP contribution in [-0.4, -0.2) is 26.9 Å². The molecule has 128 valence electrons. The highest BCUT2D eigenvalue weighted by atomic mass is 79.9. The van der Waals surface area contributed by atoms with Crippen LogP contribution in [0, 0.1) is 0 Å². The van der Waals surface area contributed by atoms with Crippen LogP contribution in [0.25, 0.3) is 0 Å². The second-order valence-electron chi connectivity index (χ2n) is 5.62. The maximum absolute atomic E-state index is 12.3. The number of furan rings is 1. The normalized spacial score (nSPS) is 14.5. The Kier molecular flexibility index (Phi) is 5.07. The molecule has 0 bridgehead atoms. The van der Waals surface area contributed by atoms with Crippen molar-refractivity contribution in [3.8, 4) is 0 Å². The molecule has 0 spiro atoms. The molecule has 1 aliphatic rings. The molecule has 0 unspecified atom stereocenters. The summed E-state index contributed by atoms with van der Waals surface area (Å²) in [5.74, 6) is 0.441. The first-order chi connectivity index (χ1) is 11.5. The highest BCUT2D eigenvalue weighted by molar-refractivity contribution is 9.10. The fraction of sp³-hybridized carbons (Fsp3) is 0.312. The second kappa shape index (κ2) is 7.08. The van der Waals surface area contributed by atoms with Crippen molar-refractivity contribution in [2.75, 3.05) is 6.54 Å². The van der Waals surface area contributed by atoms with Gasteiger partial charge in [-0.1, -0.05) is 0 Å². The van der Waals surface area contributed by atoms with Crippen molar-refractivity contribution in [2.24, 2.45) is 0 Å². The van der Waals surface area contributed by atoms with Gasteiger partial charge < -0.3 is 9.73 Å². The Labute approximate surface area is 148 Å². The van der Waals surface area contributed by atoms with Gasteiger partial charge in [-0.15, -0.1) is 0 Å². The minimum Gasteiger partial charge on any atom is -0.469 e. The summed E-state index contributed by atoms with van der Waals surface area (Å²) in [4.78, 5) is 12.4. The molecule has 0 aliphatic heterocycles. The van der Waals surface area contributed by atoms with E-state index < -0.39 is 10.0 Å². The van der Waals surface area contributed by atoms with Crippen molar-refractivity contribution in [3.05, 3.63) is 52.4 Å². The predicted molar refractivity (Wildman–Crippen MR) is 92.2 cm³/mol. The van der Waals surface area contributed by atoms with E-state index in [4.69, 9.17) is 4.42 Å². The third-order valence-electron chi connectivity index (χ3n) is 3.63. The summed E-state index contributed by atoms with van der Waals surface area (Å²) in [5, 5.41) is 2.77. The van der Waals surface area contributed by atoms with E-state index in [1.165, 1.54) is 12.1 Å². The molecule has 2 aromatic rings. The molecule has 1 fully saturated rings. The number of rotatable bonds is 7. The number of hydrogen-bond donors (Lipinski definition) is 2. The molecule has 24 heavy (non-hydrogen) atoms. The Hall–Kier alpha value is -1.64. The highest BCUT2D eigenvalue weighted by Gasteiger charge is 2.28. The van der Waals surface area contributed by atoms with Gasteiger partial charge in [0.15, 0.2) is 0 Å². The van der Waals surface area contributed by atoms with Gasteiger partial charge in [0.25, 0.3) is 5.91 Å². The number of nitrogens with one attached hydrogen (secondary N) is 2. The summed E-state index contributed by atoms with van der Waals surface area (Å²) >= 11 is 3.30. The molecule has 0 radical (unpaired) electrons. The van der Waals surface area contributed by atoms with Gasteiger partial charge in [-0.3, -0.25) is 4.79 Å². The van der Waals surface area contributed by atoms with E-state index in [1.807, 2.05) is 6.07 Å². The molecule has 8 heteroatoms. The van der Waals surface area contributed by atoms with Crippen LogP contribution >= 0.6 is 15.9 Å². The zero-order valence-electron chi connectivity index (χ0n) is 12.8. The molecule has 6 nitrogen and oxygen atoms in total. The monoisotopic (exact) mass is 412 g/mol. The lowest BCUT2D eigenvalue weighted by atomic mass is 10.2. The van der Waals surface area contributed by atoms with Crippen molar-refractivity contribution in [2.45, 2.75) is 30.2 Å². The molecular weight excluding hydrogens is 396 g/mol. The van der Waals surface area contributed by atoms with E-state index in [0.29, 0.717) is 17.4 Å². The maximum atomic E-state index is 12.3. The van der Waals surface area contributed by atoms with E-state index in [1.54, 1.807) is 18.4 Å². The van der Waals surface area contributed by atoms with Gasteiger partial charge in [0.2, 0.25) is 10.0 Å². The van der Waals surface area contributed by atoms with Crippen molar-refractivity contribution in [3.63, 3.8) is 0 Å². The van der Waals surface area contributed by atoms with Gasteiger partial charge in [-0.25, -0.2) is 13.1 Å². The second-order valence-corrected chi connectivity index (χ2v) is 8.19. The first-order valence-corrected chi connectivity index (χ1v) is 9.86. The van der Waals surface area contributed by atoms with Crippen LogP contribution in [0.3, 0.4) is 0 Å².